The van der Waals surface area contributed by atoms with E-state index in [0.717, 1.165) is 22.2 Å². The highest BCUT2D eigenvalue weighted by atomic mass is 16.4. The van der Waals surface area contributed by atoms with Gasteiger partial charge in [-0.2, -0.15) is 4.98 Å². The lowest BCUT2D eigenvalue weighted by Crippen LogP contribution is -1.95. The summed E-state index contributed by atoms with van der Waals surface area (Å²) in [6.45, 7) is 0. The molecule has 0 aliphatic rings. The molecule has 1 aromatic carbocycles. The molecule has 0 amide bonds. The largest absolute Gasteiger partial charge is 0.418 e. The molecule has 0 saturated heterocycles. The molecule has 4 aromatic heterocycles. The Hall–Kier alpha value is -4.08. The van der Waals surface area contributed by atoms with E-state index >= 15 is 0 Å². The summed E-state index contributed by atoms with van der Waals surface area (Å²) in [5.41, 5.74) is 4.58. The van der Waals surface area contributed by atoms with Crippen LogP contribution in [0.5, 0.6) is 0 Å². The Bertz CT molecular complexity index is 1310. The number of aromatic nitrogens is 8. The highest BCUT2D eigenvalue weighted by Crippen LogP contribution is 2.31. The lowest BCUT2D eigenvalue weighted by molar-refractivity contribution is 0.608. The Morgan fingerprint density at radius 1 is 1.18 bits per heavy atom. The third-order valence-corrected chi connectivity index (χ3v) is 4.37. The highest BCUT2D eigenvalue weighted by molar-refractivity contribution is 6.03. The zero-order chi connectivity index (χ0) is 19.1. The second-order valence-corrected chi connectivity index (χ2v) is 6.18. The summed E-state index contributed by atoms with van der Waals surface area (Å²) in [6, 6.07) is 7.83. The van der Waals surface area contributed by atoms with Gasteiger partial charge in [0.2, 0.25) is 5.89 Å². The van der Waals surface area contributed by atoms with E-state index < -0.39 is 0 Å². The molecule has 10 nitrogen and oxygen atoms in total. The molecule has 5 rings (SSSR count). The molecule has 0 unspecified atom stereocenters. The third kappa shape index (κ3) is 2.58. The first-order chi connectivity index (χ1) is 13.7. The fourth-order valence-electron chi connectivity index (χ4n) is 3.06. The van der Waals surface area contributed by atoms with Crippen molar-refractivity contribution in [2.75, 3.05) is 12.4 Å². The normalized spacial score (nSPS) is 11.8. The van der Waals surface area contributed by atoms with Crippen molar-refractivity contribution in [2.24, 2.45) is 7.05 Å². The van der Waals surface area contributed by atoms with Crippen LogP contribution in [0, 0.1) is 0 Å². The predicted octanol–water partition coefficient (Wildman–Crippen LogP) is 2.50. The molecular weight excluding hydrogens is 358 g/mol. The Labute approximate surface area is 158 Å². The molecule has 138 valence electrons. The SMILES string of the molecule is CNc1nc2oc(-c3cccc(C=Cc4nnn[nH]4)c3)nc2c2c1ncn2C. The Morgan fingerprint density at radius 3 is 2.93 bits per heavy atom. The van der Waals surface area contributed by atoms with Crippen molar-refractivity contribution in [3.63, 3.8) is 0 Å². The quantitative estimate of drug-likeness (QED) is 0.492. The van der Waals surface area contributed by atoms with E-state index in [2.05, 4.69) is 35.9 Å². The number of pyridine rings is 1. The van der Waals surface area contributed by atoms with E-state index in [-0.39, 0.29) is 0 Å². The van der Waals surface area contributed by atoms with Crippen molar-refractivity contribution >= 4 is 40.2 Å². The first-order valence-electron chi connectivity index (χ1n) is 8.54. The molecule has 4 heterocycles. The van der Waals surface area contributed by atoms with Crippen LogP contribution in [0.3, 0.4) is 0 Å². The lowest BCUT2D eigenvalue weighted by atomic mass is 10.1. The van der Waals surface area contributed by atoms with Crippen LogP contribution in [0.2, 0.25) is 0 Å². The van der Waals surface area contributed by atoms with Crippen molar-refractivity contribution in [3.8, 4) is 11.5 Å². The molecular formula is C18H15N9O. The van der Waals surface area contributed by atoms with Gasteiger partial charge in [0.1, 0.15) is 11.0 Å². The van der Waals surface area contributed by atoms with E-state index in [0.29, 0.717) is 28.8 Å². The number of rotatable bonds is 4. The van der Waals surface area contributed by atoms with Crippen LogP contribution in [-0.4, -0.2) is 47.2 Å². The van der Waals surface area contributed by atoms with Gasteiger partial charge in [0.25, 0.3) is 5.71 Å². The number of imidazole rings is 1. The average Bonchev–Trinajstić information content (AvgIpc) is 3.45. The second kappa shape index (κ2) is 6.27. The van der Waals surface area contributed by atoms with Gasteiger partial charge in [-0.15, -0.1) is 5.10 Å². The van der Waals surface area contributed by atoms with Crippen molar-refractivity contribution in [1.82, 2.24) is 40.1 Å². The smallest absolute Gasteiger partial charge is 0.251 e. The van der Waals surface area contributed by atoms with E-state index in [1.807, 2.05) is 42.0 Å². The van der Waals surface area contributed by atoms with Gasteiger partial charge in [-0.05, 0) is 34.2 Å². The van der Waals surface area contributed by atoms with Gasteiger partial charge in [0.15, 0.2) is 17.2 Å². The first kappa shape index (κ1) is 16.1. The topological polar surface area (TPSA) is 123 Å². The third-order valence-electron chi connectivity index (χ3n) is 4.37. The van der Waals surface area contributed by atoms with Crippen LogP contribution in [0.25, 0.3) is 45.9 Å². The predicted molar refractivity (Wildman–Crippen MR) is 104 cm³/mol. The van der Waals surface area contributed by atoms with Crippen molar-refractivity contribution in [3.05, 3.63) is 42.0 Å². The Morgan fingerprint density at radius 2 is 2.11 bits per heavy atom. The highest BCUT2D eigenvalue weighted by Gasteiger charge is 2.18. The molecule has 0 radical (unpaired) electrons. The first-order valence-corrected chi connectivity index (χ1v) is 8.54. The van der Waals surface area contributed by atoms with Crippen LogP contribution in [0.1, 0.15) is 11.4 Å². The maximum atomic E-state index is 5.97. The van der Waals surface area contributed by atoms with Crippen LogP contribution >= 0.6 is 0 Å². The fourth-order valence-corrected chi connectivity index (χ4v) is 3.06. The molecule has 2 N–H and O–H groups in total. The number of hydrogen-bond donors (Lipinski definition) is 2. The van der Waals surface area contributed by atoms with Crippen LogP contribution in [-0.2, 0) is 7.05 Å². The van der Waals surface area contributed by atoms with Gasteiger partial charge in [-0.1, -0.05) is 18.2 Å². The van der Waals surface area contributed by atoms with Crippen molar-refractivity contribution < 1.29 is 4.42 Å². The zero-order valence-corrected chi connectivity index (χ0v) is 15.1. The number of nitrogens with zero attached hydrogens (tertiary/aromatic N) is 7. The number of hydrogen-bond acceptors (Lipinski definition) is 8. The Kier molecular flexibility index (Phi) is 3.61. The minimum absolute atomic E-state index is 0.462. The summed E-state index contributed by atoms with van der Waals surface area (Å²) in [6.07, 6.45) is 5.45. The number of benzene rings is 1. The summed E-state index contributed by atoms with van der Waals surface area (Å²) in [7, 11) is 3.73. The van der Waals surface area contributed by atoms with Crippen LogP contribution in [0.15, 0.2) is 35.0 Å². The fraction of sp³-hybridized carbons (Fsp3) is 0.111. The molecule has 0 saturated carbocycles. The lowest BCUT2D eigenvalue weighted by Gasteiger charge is -2.00. The van der Waals surface area contributed by atoms with Gasteiger partial charge in [0.05, 0.1) is 6.33 Å². The van der Waals surface area contributed by atoms with Gasteiger partial charge >= 0.3 is 0 Å². The second-order valence-electron chi connectivity index (χ2n) is 6.18. The van der Waals surface area contributed by atoms with Crippen LogP contribution in [0.4, 0.5) is 5.82 Å². The molecule has 0 fully saturated rings. The standard InChI is InChI=1S/C18H15N9O/c1-19-16-13-15(27(2)9-20-13)14-18(22-16)28-17(21-14)11-5-3-4-10(8-11)6-7-12-23-25-26-24-12/h3-9H,1-2H3,(H,19,22)(H,23,24,25,26). The molecule has 0 spiro atoms. The van der Waals surface area contributed by atoms with E-state index in [1.54, 1.807) is 19.5 Å². The number of H-pyrrole nitrogens is 1. The molecule has 0 aliphatic carbocycles. The molecule has 0 aliphatic heterocycles. The Balaban J connectivity index is 1.61. The molecule has 28 heavy (non-hydrogen) atoms. The number of nitrogens with one attached hydrogen (secondary N) is 2. The molecule has 10 heteroatoms. The minimum atomic E-state index is 0.462. The number of tetrazole rings is 1. The zero-order valence-electron chi connectivity index (χ0n) is 15.1. The minimum Gasteiger partial charge on any atom is -0.418 e. The van der Waals surface area contributed by atoms with Gasteiger partial charge in [0, 0.05) is 19.7 Å². The van der Waals surface area contributed by atoms with Gasteiger partial charge < -0.3 is 14.3 Å². The molecule has 0 bridgehead atoms. The maximum absolute atomic E-state index is 5.97. The molecule has 5 aromatic rings. The maximum Gasteiger partial charge on any atom is 0.251 e. The van der Waals surface area contributed by atoms with Crippen molar-refractivity contribution in [2.45, 2.75) is 0 Å². The van der Waals surface area contributed by atoms with E-state index in [4.69, 9.17) is 9.40 Å². The van der Waals surface area contributed by atoms with Crippen molar-refractivity contribution in [1.29, 1.82) is 0 Å². The monoisotopic (exact) mass is 373 g/mol. The van der Waals surface area contributed by atoms with E-state index in [9.17, 15) is 0 Å². The number of oxazole rings is 1. The number of anilines is 1. The summed E-state index contributed by atoms with van der Waals surface area (Å²) < 4.78 is 7.88. The number of aromatic amines is 1. The summed E-state index contributed by atoms with van der Waals surface area (Å²) >= 11 is 0. The van der Waals surface area contributed by atoms with Crippen LogP contribution < -0.4 is 5.32 Å². The average molecular weight is 373 g/mol. The van der Waals surface area contributed by atoms with Gasteiger partial charge in [-0.25, -0.2) is 15.1 Å². The molecule has 0 atom stereocenters. The number of aryl methyl sites for hydroxylation is 1. The summed E-state index contributed by atoms with van der Waals surface area (Å²) in [5.74, 6) is 1.73. The summed E-state index contributed by atoms with van der Waals surface area (Å²) in [4.78, 5) is 13.6. The van der Waals surface area contributed by atoms with E-state index in [1.165, 1.54) is 0 Å². The van der Waals surface area contributed by atoms with Gasteiger partial charge in [-0.3, -0.25) is 0 Å². The summed E-state index contributed by atoms with van der Waals surface area (Å²) in [5, 5.41) is 16.7. The number of fused-ring (bicyclic) bond motifs is 3.